The molecule has 5 heteroatoms. The molecule has 0 spiro atoms. The minimum absolute atomic E-state index is 0.0126. The molecule has 0 fully saturated rings. The van der Waals surface area contributed by atoms with Crippen molar-refractivity contribution in [3.63, 3.8) is 0 Å². The highest BCUT2D eigenvalue weighted by atomic mass is 35.5. The molecule has 0 aliphatic carbocycles. The van der Waals surface area contributed by atoms with Crippen LogP contribution < -0.4 is 10.1 Å². The highest BCUT2D eigenvalue weighted by molar-refractivity contribution is 6.31. The van der Waals surface area contributed by atoms with E-state index in [1.54, 1.807) is 0 Å². The van der Waals surface area contributed by atoms with Crippen molar-refractivity contribution in [2.45, 2.75) is 52.2 Å². The zero-order valence-corrected chi connectivity index (χ0v) is 14.7. The van der Waals surface area contributed by atoms with Crippen LogP contribution in [0.4, 0.5) is 0 Å². The van der Waals surface area contributed by atoms with Gasteiger partial charge >= 0.3 is 0 Å². The predicted octanol–water partition coefficient (Wildman–Crippen LogP) is 2.87. The van der Waals surface area contributed by atoms with Crippen LogP contribution in [-0.2, 0) is 0 Å². The standard InChI is InChI=1S/C17H28ClNO3/c1-5-13(9-20)19-8-14(21)10-22-17-6-12(4)16(18)7-15(17)11(2)3/h6-7,11,13-14,19-21H,5,8-10H2,1-4H3/t13-,14+/m0/s1. The Bertz CT molecular complexity index is 461. The number of benzene rings is 1. The van der Waals surface area contributed by atoms with Crippen molar-refractivity contribution in [2.75, 3.05) is 19.8 Å². The summed E-state index contributed by atoms with van der Waals surface area (Å²) in [7, 11) is 0. The fourth-order valence-electron chi connectivity index (χ4n) is 2.13. The van der Waals surface area contributed by atoms with Crippen molar-refractivity contribution in [3.8, 4) is 5.75 Å². The van der Waals surface area contributed by atoms with E-state index in [9.17, 15) is 5.11 Å². The molecule has 0 bridgehead atoms. The Morgan fingerprint density at radius 2 is 2.00 bits per heavy atom. The largest absolute Gasteiger partial charge is 0.491 e. The lowest BCUT2D eigenvalue weighted by Crippen LogP contribution is -2.39. The van der Waals surface area contributed by atoms with E-state index in [1.165, 1.54) is 0 Å². The van der Waals surface area contributed by atoms with E-state index in [4.69, 9.17) is 21.4 Å². The molecule has 1 aromatic carbocycles. The van der Waals surface area contributed by atoms with Crippen LogP contribution in [0.1, 0.15) is 44.2 Å². The average molecular weight is 330 g/mol. The van der Waals surface area contributed by atoms with Gasteiger partial charge in [0.25, 0.3) is 0 Å². The summed E-state index contributed by atoms with van der Waals surface area (Å²) in [5.41, 5.74) is 2.00. The first kappa shape index (κ1) is 19.2. The van der Waals surface area contributed by atoms with Crippen LogP contribution in [0.3, 0.4) is 0 Å². The molecule has 0 heterocycles. The molecule has 1 rings (SSSR count). The third-order valence-electron chi connectivity index (χ3n) is 3.70. The van der Waals surface area contributed by atoms with E-state index in [1.807, 2.05) is 26.0 Å². The van der Waals surface area contributed by atoms with E-state index in [-0.39, 0.29) is 19.3 Å². The Balaban J connectivity index is 2.62. The first-order valence-electron chi connectivity index (χ1n) is 7.84. The fraction of sp³-hybridized carbons (Fsp3) is 0.647. The smallest absolute Gasteiger partial charge is 0.123 e. The van der Waals surface area contributed by atoms with Crippen LogP contribution in [0.5, 0.6) is 5.75 Å². The number of halogens is 1. The van der Waals surface area contributed by atoms with Crippen molar-refractivity contribution in [3.05, 3.63) is 28.3 Å². The van der Waals surface area contributed by atoms with E-state index in [2.05, 4.69) is 19.2 Å². The molecule has 0 saturated heterocycles. The number of ether oxygens (including phenoxy) is 1. The van der Waals surface area contributed by atoms with Gasteiger partial charge in [0.1, 0.15) is 18.5 Å². The van der Waals surface area contributed by atoms with E-state index >= 15 is 0 Å². The summed E-state index contributed by atoms with van der Waals surface area (Å²) >= 11 is 6.17. The van der Waals surface area contributed by atoms with Crippen LogP contribution in [0.25, 0.3) is 0 Å². The van der Waals surface area contributed by atoms with Gasteiger partial charge in [-0.15, -0.1) is 0 Å². The van der Waals surface area contributed by atoms with Gasteiger partial charge in [-0.05, 0) is 42.5 Å². The predicted molar refractivity (Wildman–Crippen MR) is 90.9 cm³/mol. The van der Waals surface area contributed by atoms with Crippen LogP contribution in [0, 0.1) is 6.92 Å². The minimum Gasteiger partial charge on any atom is -0.491 e. The summed E-state index contributed by atoms with van der Waals surface area (Å²) in [4.78, 5) is 0. The van der Waals surface area contributed by atoms with Crippen LogP contribution in [0.15, 0.2) is 12.1 Å². The van der Waals surface area contributed by atoms with Crippen LogP contribution >= 0.6 is 11.6 Å². The highest BCUT2D eigenvalue weighted by Crippen LogP contribution is 2.32. The third kappa shape index (κ3) is 5.76. The lowest BCUT2D eigenvalue weighted by molar-refractivity contribution is 0.0988. The van der Waals surface area contributed by atoms with Gasteiger partial charge in [0.2, 0.25) is 0 Å². The monoisotopic (exact) mass is 329 g/mol. The van der Waals surface area contributed by atoms with Gasteiger partial charge in [-0.25, -0.2) is 0 Å². The SMILES string of the molecule is CC[C@@H](CO)NC[C@@H](O)COc1cc(C)c(Cl)cc1C(C)C. The first-order valence-corrected chi connectivity index (χ1v) is 8.21. The summed E-state index contributed by atoms with van der Waals surface area (Å²) in [6, 6.07) is 3.86. The molecule has 0 amide bonds. The van der Waals surface area contributed by atoms with Gasteiger partial charge in [-0.2, -0.15) is 0 Å². The van der Waals surface area contributed by atoms with E-state index in [0.29, 0.717) is 12.5 Å². The Morgan fingerprint density at radius 3 is 2.55 bits per heavy atom. The quantitative estimate of drug-likeness (QED) is 0.652. The van der Waals surface area contributed by atoms with E-state index in [0.717, 1.165) is 28.3 Å². The number of rotatable bonds is 9. The van der Waals surface area contributed by atoms with Gasteiger partial charge in [-0.1, -0.05) is 32.4 Å². The number of hydrogen-bond donors (Lipinski definition) is 3. The third-order valence-corrected chi connectivity index (χ3v) is 4.11. The topological polar surface area (TPSA) is 61.7 Å². The summed E-state index contributed by atoms with van der Waals surface area (Å²) in [6.07, 6.45) is 0.189. The van der Waals surface area contributed by atoms with Crippen molar-refractivity contribution >= 4 is 11.6 Å². The van der Waals surface area contributed by atoms with Crippen molar-refractivity contribution in [2.24, 2.45) is 0 Å². The summed E-state index contributed by atoms with van der Waals surface area (Å²) < 4.78 is 5.78. The average Bonchev–Trinajstić information content (AvgIpc) is 2.48. The molecule has 0 aliphatic heterocycles. The number of nitrogens with one attached hydrogen (secondary N) is 1. The van der Waals surface area contributed by atoms with Crippen molar-refractivity contribution in [1.82, 2.24) is 5.32 Å². The van der Waals surface area contributed by atoms with Gasteiger partial charge in [-0.3, -0.25) is 0 Å². The molecule has 0 aliphatic rings. The Labute approximate surface area is 138 Å². The molecule has 3 N–H and O–H groups in total. The molecule has 0 radical (unpaired) electrons. The second-order valence-corrected chi connectivity index (χ2v) is 6.36. The summed E-state index contributed by atoms with van der Waals surface area (Å²) in [5.74, 6) is 1.06. The lowest BCUT2D eigenvalue weighted by atomic mass is 10.0. The number of aryl methyl sites for hydroxylation is 1. The molecular formula is C17H28ClNO3. The number of aliphatic hydroxyl groups excluding tert-OH is 2. The molecule has 0 saturated carbocycles. The summed E-state index contributed by atoms with van der Waals surface area (Å²) in [6.45, 7) is 8.75. The lowest BCUT2D eigenvalue weighted by Gasteiger charge is -2.20. The minimum atomic E-state index is -0.628. The normalized spacial score (nSPS) is 14.2. The van der Waals surface area contributed by atoms with Crippen molar-refractivity contribution in [1.29, 1.82) is 0 Å². The Morgan fingerprint density at radius 1 is 1.32 bits per heavy atom. The van der Waals surface area contributed by atoms with Gasteiger partial charge in [0.05, 0.1) is 6.61 Å². The van der Waals surface area contributed by atoms with E-state index < -0.39 is 6.10 Å². The second-order valence-electron chi connectivity index (χ2n) is 5.95. The molecule has 2 atom stereocenters. The molecule has 0 unspecified atom stereocenters. The van der Waals surface area contributed by atoms with Crippen molar-refractivity contribution < 1.29 is 14.9 Å². The number of aliphatic hydroxyl groups is 2. The Hall–Kier alpha value is -0.810. The number of hydrogen-bond acceptors (Lipinski definition) is 4. The zero-order chi connectivity index (χ0) is 16.7. The zero-order valence-electron chi connectivity index (χ0n) is 13.9. The first-order chi connectivity index (χ1) is 10.4. The summed E-state index contributed by atoms with van der Waals surface area (Å²) in [5, 5.41) is 23.0. The van der Waals surface area contributed by atoms with Crippen LogP contribution in [-0.4, -0.2) is 42.1 Å². The molecular weight excluding hydrogens is 302 g/mol. The molecule has 4 nitrogen and oxygen atoms in total. The maximum absolute atomic E-state index is 10.0. The van der Waals surface area contributed by atoms with Gasteiger partial charge < -0.3 is 20.3 Å². The van der Waals surface area contributed by atoms with Gasteiger partial charge in [0.15, 0.2) is 0 Å². The maximum Gasteiger partial charge on any atom is 0.123 e. The molecule has 22 heavy (non-hydrogen) atoms. The molecule has 1 aromatic rings. The second kappa shape index (κ2) is 9.36. The van der Waals surface area contributed by atoms with Crippen LogP contribution in [0.2, 0.25) is 5.02 Å². The molecule has 126 valence electrons. The van der Waals surface area contributed by atoms with Gasteiger partial charge in [0, 0.05) is 17.6 Å². The molecule has 0 aromatic heterocycles. The highest BCUT2D eigenvalue weighted by Gasteiger charge is 2.14. The maximum atomic E-state index is 10.0. The fourth-order valence-corrected chi connectivity index (χ4v) is 2.30. The Kier molecular flexibility index (Phi) is 8.18.